The van der Waals surface area contributed by atoms with Crippen molar-refractivity contribution < 1.29 is 9.53 Å². The molecule has 0 aliphatic carbocycles. The molecule has 0 spiro atoms. The number of carbonyl (C=O) groups is 1. The lowest BCUT2D eigenvalue weighted by atomic mass is 10.0. The predicted molar refractivity (Wildman–Crippen MR) is 117 cm³/mol. The third kappa shape index (κ3) is 3.55. The number of ether oxygens (including phenoxy) is 1. The van der Waals surface area contributed by atoms with Crippen molar-refractivity contribution in [3.63, 3.8) is 0 Å². The Morgan fingerprint density at radius 3 is 2.57 bits per heavy atom. The first-order valence-corrected chi connectivity index (χ1v) is 9.69. The lowest BCUT2D eigenvalue weighted by Crippen LogP contribution is -2.27. The Morgan fingerprint density at radius 2 is 1.77 bits per heavy atom. The predicted octanol–water partition coefficient (Wildman–Crippen LogP) is 4.32. The van der Waals surface area contributed by atoms with E-state index in [1.807, 2.05) is 62.4 Å². The molecule has 0 saturated carbocycles. The standard InChI is InChI=1S/C24H21N3O3/c1-3-30-21-13-7-5-11-18(21)17-10-4-6-12-20(17)26-23(28)19-15-25-22-16(2)9-8-14-27(22)24(19)29/h4-15H,3H2,1-2H3,(H,26,28). The highest BCUT2D eigenvalue weighted by atomic mass is 16.5. The monoisotopic (exact) mass is 399 g/mol. The third-order valence-electron chi connectivity index (χ3n) is 4.82. The van der Waals surface area contributed by atoms with Gasteiger partial charge in [-0.15, -0.1) is 0 Å². The Kier molecular flexibility index (Phi) is 5.30. The van der Waals surface area contributed by atoms with Crippen LogP contribution in [-0.4, -0.2) is 21.9 Å². The largest absolute Gasteiger partial charge is 0.493 e. The summed E-state index contributed by atoms with van der Waals surface area (Å²) in [6.45, 7) is 4.32. The van der Waals surface area contributed by atoms with E-state index >= 15 is 0 Å². The zero-order valence-corrected chi connectivity index (χ0v) is 16.8. The quantitative estimate of drug-likeness (QED) is 0.542. The second kappa shape index (κ2) is 8.21. The van der Waals surface area contributed by atoms with Crippen molar-refractivity contribution in [1.82, 2.24) is 9.38 Å². The van der Waals surface area contributed by atoms with Crippen LogP contribution in [0.2, 0.25) is 0 Å². The second-order valence-electron chi connectivity index (χ2n) is 6.79. The number of carbonyl (C=O) groups excluding carboxylic acids is 1. The summed E-state index contributed by atoms with van der Waals surface area (Å²) < 4.78 is 7.13. The van der Waals surface area contributed by atoms with Gasteiger partial charge in [-0.2, -0.15) is 0 Å². The molecule has 0 bridgehead atoms. The van der Waals surface area contributed by atoms with Gasteiger partial charge >= 0.3 is 0 Å². The summed E-state index contributed by atoms with van der Waals surface area (Å²) in [4.78, 5) is 30.1. The van der Waals surface area contributed by atoms with E-state index in [1.165, 1.54) is 10.6 Å². The maximum Gasteiger partial charge on any atom is 0.270 e. The molecule has 0 atom stereocenters. The first-order valence-electron chi connectivity index (χ1n) is 9.69. The summed E-state index contributed by atoms with van der Waals surface area (Å²) in [5.41, 5.74) is 3.21. The van der Waals surface area contributed by atoms with Crippen LogP contribution < -0.4 is 15.6 Å². The van der Waals surface area contributed by atoms with Crippen molar-refractivity contribution in [2.45, 2.75) is 13.8 Å². The molecule has 1 amide bonds. The first kappa shape index (κ1) is 19.4. The van der Waals surface area contributed by atoms with E-state index in [2.05, 4.69) is 10.3 Å². The molecule has 4 rings (SSSR count). The number of benzene rings is 2. The summed E-state index contributed by atoms with van der Waals surface area (Å²) >= 11 is 0. The Bertz CT molecular complexity index is 1290. The zero-order valence-electron chi connectivity index (χ0n) is 16.8. The van der Waals surface area contributed by atoms with E-state index < -0.39 is 11.5 Å². The molecule has 1 N–H and O–H groups in total. The number of hydrogen-bond donors (Lipinski definition) is 1. The van der Waals surface area contributed by atoms with Gasteiger partial charge in [0.15, 0.2) is 0 Å². The van der Waals surface area contributed by atoms with Gasteiger partial charge in [0.1, 0.15) is 17.0 Å². The lowest BCUT2D eigenvalue weighted by molar-refractivity contribution is 0.102. The molecule has 0 fully saturated rings. The Hall–Kier alpha value is -3.93. The molecule has 2 aromatic heterocycles. The maximum absolute atomic E-state index is 13.0. The van der Waals surface area contributed by atoms with Crippen molar-refractivity contribution in [3.8, 4) is 16.9 Å². The molecule has 6 nitrogen and oxygen atoms in total. The molecular formula is C24H21N3O3. The summed E-state index contributed by atoms with van der Waals surface area (Å²) in [5.74, 6) is 0.217. The molecule has 30 heavy (non-hydrogen) atoms. The van der Waals surface area contributed by atoms with Crippen LogP contribution in [0.15, 0.2) is 77.9 Å². The average Bonchev–Trinajstić information content (AvgIpc) is 2.76. The number of para-hydroxylation sites is 2. The number of amides is 1. The van der Waals surface area contributed by atoms with Crippen LogP contribution in [0.1, 0.15) is 22.8 Å². The molecule has 0 radical (unpaired) electrons. The fraction of sp³-hybridized carbons (Fsp3) is 0.125. The van der Waals surface area contributed by atoms with Crippen LogP contribution in [0.25, 0.3) is 16.8 Å². The van der Waals surface area contributed by atoms with E-state index in [4.69, 9.17) is 4.74 Å². The van der Waals surface area contributed by atoms with Crippen molar-refractivity contribution in [3.05, 3.63) is 94.5 Å². The molecule has 2 heterocycles. The molecule has 0 saturated heterocycles. The lowest BCUT2D eigenvalue weighted by Gasteiger charge is -2.15. The summed E-state index contributed by atoms with van der Waals surface area (Å²) in [6, 6.07) is 18.7. The smallest absolute Gasteiger partial charge is 0.270 e. The molecule has 150 valence electrons. The molecule has 0 aliphatic rings. The van der Waals surface area contributed by atoms with Gasteiger partial charge in [0.05, 0.1) is 6.61 Å². The molecule has 0 aliphatic heterocycles. The van der Waals surface area contributed by atoms with Gasteiger partial charge in [0, 0.05) is 29.2 Å². The topological polar surface area (TPSA) is 72.7 Å². The number of anilines is 1. The molecule has 2 aromatic carbocycles. The van der Waals surface area contributed by atoms with E-state index in [1.54, 1.807) is 18.3 Å². The number of hydrogen-bond acceptors (Lipinski definition) is 4. The van der Waals surface area contributed by atoms with E-state index in [-0.39, 0.29) is 5.56 Å². The van der Waals surface area contributed by atoms with Crippen molar-refractivity contribution >= 4 is 17.2 Å². The Morgan fingerprint density at radius 1 is 1.03 bits per heavy atom. The number of fused-ring (bicyclic) bond motifs is 1. The first-order chi connectivity index (χ1) is 14.6. The molecular weight excluding hydrogens is 378 g/mol. The normalized spacial score (nSPS) is 10.7. The maximum atomic E-state index is 13.0. The number of rotatable bonds is 5. The second-order valence-corrected chi connectivity index (χ2v) is 6.79. The van der Waals surface area contributed by atoms with Crippen molar-refractivity contribution in [2.75, 3.05) is 11.9 Å². The molecule has 0 unspecified atom stereocenters. The number of nitrogens with one attached hydrogen (secondary N) is 1. The van der Waals surface area contributed by atoms with Gasteiger partial charge in [-0.3, -0.25) is 14.0 Å². The van der Waals surface area contributed by atoms with Gasteiger partial charge in [0.2, 0.25) is 0 Å². The Labute approximate surface area is 173 Å². The summed E-state index contributed by atoms with van der Waals surface area (Å²) in [7, 11) is 0. The van der Waals surface area contributed by atoms with Crippen LogP contribution in [-0.2, 0) is 0 Å². The van der Waals surface area contributed by atoms with E-state index in [9.17, 15) is 9.59 Å². The number of nitrogens with zero attached hydrogens (tertiary/aromatic N) is 2. The number of pyridine rings is 1. The number of aromatic nitrogens is 2. The highest BCUT2D eigenvalue weighted by Gasteiger charge is 2.17. The highest BCUT2D eigenvalue weighted by molar-refractivity contribution is 6.06. The Balaban J connectivity index is 1.73. The van der Waals surface area contributed by atoms with Gasteiger partial charge < -0.3 is 10.1 Å². The van der Waals surface area contributed by atoms with Gasteiger partial charge in [-0.25, -0.2) is 4.98 Å². The van der Waals surface area contributed by atoms with Crippen molar-refractivity contribution in [1.29, 1.82) is 0 Å². The van der Waals surface area contributed by atoms with Crippen LogP contribution >= 0.6 is 0 Å². The van der Waals surface area contributed by atoms with Crippen LogP contribution in [0.3, 0.4) is 0 Å². The minimum atomic E-state index is -0.509. The minimum absolute atomic E-state index is 0.0222. The minimum Gasteiger partial charge on any atom is -0.493 e. The zero-order chi connectivity index (χ0) is 21.1. The highest BCUT2D eigenvalue weighted by Crippen LogP contribution is 2.35. The van der Waals surface area contributed by atoms with Gasteiger partial charge in [0.25, 0.3) is 11.5 Å². The molecule has 6 heteroatoms. The van der Waals surface area contributed by atoms with E-state index in [0.29, 0.717) is 17.9 Å². The number of aryl methyl sites for hydroxylation is 1. The SMILES string of the molecule is CCOc1ccccc1-c1ccccc1NC(=O)c1cnc2c(C)cccn2c1=O. The average molecular weight is 399 g/mol. The fourth-order valence-electron chi connectivity index (χ4n) is 3.39. The van der Waals surface area contributed by atoms with Crippen LogP contribution in [0.5, 0.6) is 5.75 Å². The third-order valence-corrected chi connectivity index (χ3v) is 4.82. The summed E-state index contributed by atoms with van der Waals surface area (Å²) in [5, 5.41) is 2.87. The fourth-order valence-corrected chi connectivity index (χ4v) is 3.39. The van der Waals surface area contributed by atoms with Gasteiger partial charge in [-0.05, 0) is 37.6 Å². The van der Waals surface area contributed by atoms with E-state index in [0.717, 1.165) is 22.4 Å². The summed E-state index contributed by atoms with van der Waals surface area (Å²) in [6.07, 6.45) is 2.94. The van der Waals surface area contributed by atoms with Crippen LogP contribution in [0.4, 0.5) is 5.69 Å². The van der Waals surface area contributed by atoms with Crippen molar-refractivity contribution in [2.24, 2.45) is 0 Å². The molecule has 4 aromatic rings. The van der Waals surface area contributed by atoms with Gasteiger partial charge in [-0.1, -0.05) is 42.5 Å². The van der Waals surface area contributed by atoms with Crippen LogP contribution in [0, 0.1) is 6.92 Å².